The Morgan fingerprint density at radius 1 is 0.900 bits per heavy atom. The van der Waals surface area contributed by atoms with Crippen molar-refractivity contribution in [2.75, 3.05) is 0 Å². The summed E-state index contributed by atoms with van der Waals surface area (Å²) in [5, 5.41) is 8.72. The largest absolute Gasteiger partial charge is 0.478 e. The molecule has 0 atom stereocenters. The number of hydrogen-bond donors (Lipinski definition) is 1. The third-order valence-corrected chi connectivity index (χ3v) is 1.99. The first-order valence-electron chi connectivity index (χ1n) is 6.67. The topological polar surface area (TPSA) is 59.4 Å². The third-order valence-electron chi connectivity index (χ3n) is 1.99. The lowest BCUT2D eigenvalue weighted by molar-refractivity contribution is 0.0697. The number of hydrogen-bond acceptors (Lipinski definition) is 3. The second-order valence-corrected chi connectivity index (χ2v) is 3.11. The minimum Gasteiger partial charge on any atom is -0.478 e. The maximum atomic E-state index is 10.6. The van der Waals surface area contributed by atoms with Crippen molar-refractivity contribution in [2.45, 2.75) is 27.7 Å². The Morgan fingerprint density at radius 2 is 1.35 bits per heavy atom. The Labute approximate surface area is 120 Å². The molecular weight excluding hydrogens is 254 g/mol. The molecule has 0 saturated heterocycles. The number of carboxylic acids is 1. The van der Waals surface area contributed by atoms with Crippen LogP contribution in [0.15, 0.2) is 48.8 Å². The molecule has 0 aliphatic rings. The molecule has 1 heterocycles. The van der Waals surface area contributed by atoms with Gasteiger partial charge in [-0.2, -0.15) is 0 Å². The van der Waals surface area contributed by atoms with Crippen molar-refractivity contribution in [3.8, 4) is 11.5 Å². The zero-order valence-electron chi connectivity index (χ0n) is 12.3. The molecule has 0 amide bonds. The monoisotopic (exact) mass is 275 g/mol. The van der Waals surface area contributed by atoms with Gasteiger partial charge in [0.25, 0.3) is 0 Å². The van der Waals surface area contributed by atoms with Gasteiger partial charge in [-0.3, -0.25) is 4.98 Å². The standard InChI is InChI=1S/C12H9NO3.2C2H6/c14-12(15)9-1-3-10(4-2-9)16-11-5-7-13-8-6-11;2*1-2/h1-8H,(H,14,15);2*1-2H3. The molecule has 0 unspecified atom stereocenters. The fourth-order valence-electron chi connectivity index (χ4n) is 1.21. The van der Waals surface area contributed by atoms with Crippen LogP contribution >= 0.6 is 0 Å². The van der Waals surface area contributed by atoms with E-state index in [9.17, 15) is 4.79 Å². The molecule has 0 aliphatic heterocycles. The number of pyridine rings is 1. The highest BCUT2D eigenvalue weighted by Crippen LogP contribution is 2.20. The van der Waals surface area contributed by atoms with Crippen molar-refractivity contribution in [2.24, 2.45) is 0 Å². The first kappa shape index (κ1) is 17.6. The lowest BCUT2D eigenvalue weighted by Gasteiger charge is -2.04. The van der Waals surface area contributed by atoms with E-state index in [2.05, 4.69) is 4.98 Å². The Bertz CT molecular complexity index is 481. The fraction of sp³-hybridized carbons (Fsp3) is 0.250. The maximum absolute atomic E-state index is 10.6. The van der Waals surface area contributed by atoms with Gasteiger partial charge in [-0.25, -0.2) is 4.79 Å². The normalized spacial score (nSPS) is 8.40. The third kappa shape index (κ3) is 6.00. The fourth-order valence-corrected chi connectivity index (χ4v) is 1.21. The summed E-state index contributed by atoms with van der Waals surface area (Å²) in [6, 6.07) is 9.68. The molecule has 0 aliphatic carbocycles. The Morgan fingerprint density at radius 3 is 1.80 bits per heavy atom. The summed E-state index contributed by atoms with van der Waals surface area (Å²) in [6.45, 7) is 8.00. The van der Waals surface area contributed by atoms with Crippen LogP contribution < -0.4 is 4.74 Å². The van der Waals surface area contributed by atoms with Crippen LogP contribution in [0.1, 0.15) is 38.1 Å². The SMILES string of the molecule is CC.CC.O=C(O)c1ccc(Oc2ccncc2)cc1. The summed E-state index contributed by atoms with van der Waals surface area (Å²) < 4.78 is 5.48. The van der Waals surface area contributed by atoms with E-state index >= 15 is 0 Å². The average molecular weight is 275 g/mol. The Hall–Kier alpha value is -2.36. The van der Waals surface area contributed by atoms with E-state index in [1.165, 1.54) is 12.1 Å². The van der Waals surface area contributed by atoms with Crippen LogP contribution in [0.25, 0.3) is 0 Å². The first-order valence-corrected chi connectivity index (χ1v) is 6.67. The summed E-state index contributed by atoms with van der Waals surface area (Å²) in [6.07, 6.45) is 3.25. The minimum absolute atomic E-state index is 0.238. The number of aromatic carboxylic acids is 1. The van der Waals surface area contributed by atoms with Crippen molar-refractivity contribution in [3.63, 3.8) is 0 Å². The van der Waals surface area contributed by atoms with Crippen LogP contribution in [0.5, 0.6) is 11.5 Å². The molecule has 2 rings (SSSR count). The van der Waals surface area contributed by atoms with Crippen molar-refractivity contribution in [1.82, 2.24) is 4.98 Å². The summed E-state index contributed by atoms with van der Waals surface area (Å²) in [7, 11) is 0. The van der Waals surface area contributed by atoms with Gasteiger partial charge in [-0.1, -0.05) is 27.7 Å². The molecule has 0 spiro atoms. The van der Waals surface area contributed by atoms with Gasteiger partial charge in [-0.15, -0.1) is 0 Å². The van der Waals surface area contributed by atoms with Crippen LogP contribution in [-0.4, -0.2) is 16.1 Å². The molecule has 0 saturated carbocycles. The molecule has 0 radical (unpaired) electrons. The molecule has 20 heavy (non-hydrogen) atoms. The predicted octanol–water partition coefficient (Wildman–Crippen LogP) is 4.62. The van der Waals surface area contributed by atoms with E-state index < -0.39 is 5.97 Å². The molecule has 1 aromatic heterocycles. The van der Waals surface area contributed by atoms with Crippen molar-refractivity contribution in [3.05, 3.63) is 54.4 Å². The lowest BCUT2D eigenvalue weighted by atomic mass is 10.2. The van der Waals surface area contributed by atoms with Crippen molar-refractivity contribution < 1.29 is 14.6 Å². The van der Waals surface area contributed by atoms with E-state index in [0.717, 1.165) is 0 Å². The molecule has 108 valence electrons. The van der Waals surface area contributed by atoms with E-state index in [4.69, 9.17) is 9.84 Å². The zero-order chi connectivity index (χ0) is 15.4. The number of aromatic nitrogens is 1. The summed E-state index contributed by atoms with van der Waals surface area (Å²) in [5.74, 6) is 0.310. The predicted molar refractivity (Wildman–Crippen MR) is 80.4 cm³/mol. The van der Waals surface area contributed by atoms with Gasteiger partial charge in [0.2, 0.25) is 0 Å². The second kappa shape index (κ2) is 10.6. The van der Waals surface area contributed by atoms with E-state index in [1.54, 1.807) is 36.7 Å². The van der Waals surface area contributed by atoms with Crippen LogP contribution in [0.3, 0.4) is 0 Å². The Kier molecular flexibility index (Phi) is 9.31. The smallest absolute Gasteiger partial charge is 0.335 e. The van der Waals surface area contributed by atoms with E-state index in [1.807, 2.05) is 27.7 Å². The van der Waals surface area contributed by atoms with Gasteiger partial charge in [0, 0.05) is 12.4 Å². The highest BCUT2D eigenvalue weighted by molar-refractivity contribution is 5.87. The lowest BCUT2D eigenvalue weighted by Crippen LogP contribution is -1.95. The molecular formula is C16H21NO3. The molecule has 1 N–H and O–H groups in total. The number of nitrogens with zero attached hydrogens (tertiary/aromatic N) is 1. The zero-order valence-corrected chi connectivity index (χ0v) is 12.3. The van der Waals surface area contributed by atoms with E-state index in [0.29, 0.717) is 11.5 Å². The molecule has 4 nitrogen and oxygen atoms in total. The number of carbonyl (C=O) groups is 1. The van der Waals surface area contributed by atoms with Gasteiger partial charge in [-0.05, 0) is 36.4 Å². The molecule has 2 aromatic rings. The quantitative estimate of drug-likeness (QED) is 0.887. The highest BCUT2D eigenvalue weighted by atomic mass is 16.5. The Balaban J connectivity index is 0.000000829. The highest BCUT2D eigenvalue weighted by Gasteiger charge is 2.02. The average Bonchev–Trinajstić information content (AvgIpc) is 2.53. The second-order valence-electron chi connectivity index (χ2n) is 3.11. The number of rotatable bonds is 3. The van der Waals surface area contributed by atoms with Crippen LogP contribution in [0.2, 0.25) is 0 Å². The first-order chi connectivity index (χ1) is 9.75. The maximum Gasteiger partial charge on any atom is 0.335 e. The van der Waals surface area contributed by atoms with Gasteiger partial charge in [0.15, 0.2) is 0 Å². The summed E-state index contributed by atoms with van der Waals surface area (Å²) in [4.78, 5) is 14.5. The molecule has 1 aromatic carbocycles. The van der Waals surface area contributed by atoms with Gasteiger partial charge >= 0.3 is 5.97 Å². The van der Waals surface area contributed by atoms with Crippen molar-refractivity contribution >= 4 is 5.97 Å². The molecule has 0 fully saturated rings. The van der Waals surface area contributed by atoms with Crippen molar-refractivity contribution in [1.29, 1.82) is 0 Å². The van der Waals surface area contributed by atoms with Crippen LogP contribution in [0, 0.1) is 0 Å². The summed E-state index contributed by atoms with van der Waals surface area (Å²) in [5.41, 5.74) is 0.238. The number of benzene rings is 1. The van der Waals surface area contributed by atoms with Gasteiger partial charge < -0.3 is 9.84 Å². The van der Waals surface area contributed by atoms with E-state index in [-0.39, 0.29) is 5.56 Å². The van der Waals surface area contributed by atoms with Crippen LogP contribution in [0.4, 0.5) is 0 Å². The number of ether oxygens (including phenoxy) is 1. The minimum atomic E-state index is -0.949. The molecule has 4 heteroatoms. The van der Waals surface area contributed by atoms with Gasteiger partial charge in [0.05, 0.1) is 5.56 Å². The van der Waals surface area contributed by atoms with Gasteiger partial charge in [0.1, 0.15) is 11.5 Å². The van der Waals surface area contributed by atoms with Crippen LogP contribution in [-0.2, 0) is 0 Å². The summed E-state index contributed by atoms with van der Waals surface area (Å²) >= 11 is 0. The number of carboxylic acid groups (broad SMARTS) is 1. The molecule has 0 bridgehead atoms.